The van der Waals surface area contributed by atoms with Gasteiger partial charge in [-0.3, -0.25) is 9.59 Å². The summed E-state index contributed by atoms with van der Waals surface area (Å²) in [6.07, 6.45) is 0. The van der Waals surface area contributed by atoms with Gasteiger partial charge in [0.15, 0.2) is 0 Å². The van der Waals surface area contributed by atoms with Gasteiger partial charge in [0.05, 0.1) is 12.0 Å². The molecule has 0 aliphatic carbocycles. The number of benzene rings is 1. The average Bonchev–Trinajstić information content (AvgIpc) is 2.60. The molecule has 1 aliphatic heterocycles. The Kier molecular flexibility index (Phi) is 5.89. The van der Waals surface area contributed by atoms with Crippen molar-refractivity contribution in [2.75, 3.05) is 40.0 Å². The molecule has 0 unspecified atom stereocenters. The van der Waals surface area contributed by atoms with Gasteiger partial charge in [0.2, 0.25) is 10.0 Å². The van der Waals surface area contributed by atoms with Crippen molar-refractivity contribution in [1.29, 1.82) is 0 Å². The average molecular weight is 372 g/mol. The van der Waals surface area contributed by atoms with Gasteiger partial charge in [-0.05, 0) is 18.2 Å². The lowest BCUT2D eigenvalue weighted by atomic mass is 10.2. The van der Waals surface area contributed by atoms with Crippen molar-refractivity contribution in [3.8, 4) is 0 Å². The van der Waals surface area contributed by atoms with Crippen molar-refractivity contribution in [2.45, 2.75) is 10.1 Å². The van der Waals surface area contributed by atoms with Crippen molar-refractivity contribution in [1.82, 2.24) is 9.21 Å². The number of methoxy groups -OCH3 is 1. The molecule has 2 rings (SSSR count). The number of thioether (sulfide) groups is 1. The first kappa shape index (κ1) is 18.8. The first-order chi connectivity index (χ1) is 11.3. The number of hydrogen-bond donors (Lipinski definition) is 0. The van der Waals surface area contributed by atoms with Gasteiger partial charge in [-0.25, -0.2) is 12.7 Å². The molecule has 0 aromatic heterocycles. The van der Waals surface area contributed by atoms with E-state index in [1.165, 1.54) is 45.1 Å². The lowest BCUT2D eigenvalue weighted by molar-refractivity contribution is -0.140. The van der Waals surface area contributed by atoms with E-state index in [1.807, 2.05) is 0 Å². The van der Waals surface area contributed by atoms with Gasteiger partial charge in [0, 0.05) is 38.5 Å². The molecule has 1 aromatic rings. The number of amides is 1. The van der Waals surface area contributed by atoms with E-state index < -0.39 is 15.3 Å². The Morgan fingerprint density at radius 1 is 1.33 bits per heavy atom. The zero-order chi connectivity index (χ0) is 17.9. The molecule has 1 atom stereocenters. The Labute approximate surface area is 146 Å². The Balaban J connectivity index is 2.23. The lowest BCUT2D eigenvalue weighted by Gasteiger charge is -2.31. The molecule has 0 bridgehead atoms. The predicted octanol–water partition coefficient (Wildman–Crippen LogP) is 0.667. The molecule has 0 spiro atoms. The predicted molar refractivity (Wildman–Crippen MR) is 91.5 cm³/mol. The van der Waals surface area contributed by atoms with Gasteiger partial charge in [-0.2, -0.15) is 0 Å². The van der Waals surface area contributed by atoms with Gasteiger partial charge in [-0.15, -0.1) is 11.8 Å². The summed E-state index contributed by atoms with van der Waals surface area (Å²) in [6.45, 7) is 0.752. The van der Waals surface area contributed by atoms with E-state index in [2.05, 4.69) is 0 Å². The zero-order valence-electron chi connectivity index (χ0n) is 13.8. The van der Waals surface area contributed by atoms with Crippen LogP contribution in [0.15, 0.2) is 29.2 Å². The fourth-order valence-corrected chi connectivity index (χ4v) is 4.37. The number of ether oxygens (including phenoxy) is 1. The van der Waals surface area contributed by atoms with Crippen molar-refractivity contribution in [2.24, 2.45) is 0 Å². The van der Waals surface area contributed by atoms with Crippen LogP contribution < -0.4 is 0 Å². The molecule has 0 radical (unpaired) electrons. The maximum atomic E-state index is 12.7. The van der Waals surface area contributed by atoms with Crippen molar-refractivity contribution in [3.05, 3.63) is 29.8 Å². The van der Waals surface area contributed by atoms with Crippen LogP contribution in [0, 0.1) is 0 Å². The molecule has 1 aliphatic rings. The fourth-order valence-electron chi connectivity index (χ4n) is 2.29. The third-order valence-corrected chi connectivity index (χ3v) is 6.65. The largest absolute Gasteiger partial charge is 0.468 e. The molecule has 9 heteroatoms. The van der Waals surface area contributed by atoms with E-state index in [9.17, 15) is 18.0 Å². The van der Waals surface area contributed by atoms with Gasteiger partial charge >= 0.3 is 5.97 Å². The van der Waals surface area contributed by atoms with Crippen molar-refractivity contribution >= 4 is 33.7 Å². The minimum atomic E-state index is -3.61. The summed E-state index contributed by atoms with van der Waals surface area (Å²) in [4.78, 5) is 25.9. The lowest BCUT2D eigenvalue weighted by Crippen LogP contribution is -2.45. The first-order valence-corrected chi connectivity index (χ1v) is 9.77. The molecule has 1 aromatic carbocycles. The van der Waals surface area contributed by atoms with Crippen LogP contribution in [0.3, 0.4) is 0 Å². The topological polar surface area (TPSA) is 84.0 Å². The minimum absolute atomic E-state index is 0.0641. The quantitative estimate of drug-likeness (QED) is 0.722. The number of sulfonamides is 1. The highest BCUT2D eigenvalue weighted by Gasteiger charge is 2.30. The molecule has 0 saturated carbocycles. The van der Waals surface area contributed by atoms with Crippen LogP contribution in [0.2, 0.25) is 0 Å². The molecular weight excluding hydrogens is 352 g/mol. The minimum Gasteiger partial charge on any atom is -0.468 e. The molecule has 0 N–H and O–H groups in total. The summed E-state index contributed by atoms with van der Waals surface area (Å²) in [5.74, 6) is -0.0253. The van der Waals surface area contributed by atoms with Crippen LogP contribution in [0.25, 0.3) is 0 Å². The van der Waals surface area contributed by atoms with Crippen LogP contribution in [-0.2, 0) is 19.6 Å². The number of nitrogens with zero attached hydrogens (tertiary/aromatic N) is 2. The van der Waals surface area contributed by atoms with Crippen LogP contribution in [-0.4, -0.2) is 74.8 Å². The van der Waals surface area contributed by atoms with E-state index in [-0.39, 0.29) is 28.9 Å². The SMILES string of the molecule is COC(=O)[C@@H]1CN(C(=O)c2cccc(S(=O)(=O)N(C)C)c2)CCS1. The van der Waals surface area contributed by atoms with E-state index in [4.69, 9.17) is 4.74 Å². The molecule has 7 nitrogen and oxygen atoms in total. The zero-order valence-corrected chi connectivity index (χ0v) is 15.4. The molecule has 1 saturated heterocycles. The third kappa shape index (κ3) is 3.90. The molecular formula is C15H20N2O5S2. The maximum Gasteiger partial charge on any atom is 0.320 e. The van der Waals surface area contributed by atoms with E-state index >= 15 is 0 Å². The van der Waals surface area contributed by atoms with Crippen LogP contribution in [0.5, 0.6) is 0 Å². The Bertz CT molecular complexity index is 733. The van der Waals surface area contributed by atoms with Crippen LogP contribution >= 0.6 is 11.8 Å². The summed E-state index contributed by atoms with van der Waals surface area (Å²) < 4.78 is 30.2. The number of hydrogen-bond acceptors (Lipinski definition) is 6. The first-order valence-electron chi connectivity index (χ1n) is 7.28. The normalized spacial score (nSPS) is 18.5. The van der Waals surface area contributed by atoms with Gasteiger partial charge < -0.3 is 9.64 Å². The van der Waals surface area contributed by atoms with Gasteiger partial charge in [0.25, 0.3) is 5.91 Å². The standard InChI is InChI=1S/C15H20N2O5S2/c1-16(2)24(20,21)12-6-4-5-11(9-12)14(18)17-7-8-23-13(10-17)15(19)22-3/h4-6,9,13H,7-8,10H2,1-3H3/t13-/m0/s1. The number of rotatable bonds is 4. The Morgan fingerprint density at radius 2 is 2.04 bits per heavy atom. The monoisotopic (exact) mass is 372 g/mol. The highest BCUT2D eigenvalue weighted by atomic mass is 32.2. The maximum absolute atomic E-state index is 12.7. The summed E-state index contributed by atoms with van der Waals surface area (Å²) in [5, 5.41) is -0.415. The van der Waals surface area contributed by atoms with Gasteiger partial charge in [0.1, 0.15) is 5.25 Å². The summed E-state index contributed by atoms with van der Waals surface area (Å²) in [5.41, 5.74) is 0.286. The summed E-state index contributed by atoms with van der Waals surface area (Å²) in [6, 6.07) is 5.94. The highest BCUT2D eigenvalue weighted by molar-refractivity contribution is 8.00. The fraction of sp³-hybridized carbons (Fsp3) is 0.467. The van der Waals surface area contributed by atoms with Crippen molar-refractivity contribution in [3.63, 3.8) is 0 Å². The Hall–Kier alpha value is -1.58. The summed E-state index contributed by atoms with van der Waals surface area (Å²) >= 11 is 1.45. The number of carbonyl (C=O) groups excluding carboxylic acids is 2. The van der Waals surface area contributed by atoms with E-state index in [1.54, 1.807) is 17.0 Å². The molecule has 24 heavy (non-hydrogen) atoms. The van der Waals surface area contributed by atoms with Gasteiger partial charge in [-0.1, -0.05) is 6.07 Å². The van der Waals surface area contributed by atoms with Crippen LogP contribution in [0.1, 0.15) is 10.4 Å². The smallest absolute Gasteiger partial charge is 0.320 e. The second kappa shape index (κ2) is 7.54. The molecule has 1 heterocycles. The van der Waals surface area contributed by atoms with Crippen LogP contribution in [0.4, 0.5) is 0 Å². The van der Waals surface area contributed by atoms with E-state index in [0.29, 0.717) is 12.3 Å². The highest BCUT2D eigenvalue weighted by Crippen LogP contribution is 2.22. The molecule has 1 amide bonds. The van der Waals surface area contributed by atoms with E-state index in [0.717, 1.165) is 4.31 Å². The second-order valence-electron chi connectivity index (χ2n) is 5.45. The number of esters is 1. The summed E-state index contributed by atoms with van der Waals surface area (Å²) in [7, 11) is 0.586. The second-order valence-corrected chi connectivity index (χ2v) is 8.91. The number of carbonyl (C=O) groups is 2. The Morgan fingerprint density at radius 3 is 2.67 bits per heavy atom. The molecule has 132 valence electrons. The van der Waals surface area contributed by atoms with Crippen molar-refractivity contribution < 1.29 is 22.7 Å². The molecule has 1 fully saturated rings. The third-order valence-electron chi connectivity index (χ3n) is 3.68.